The van der Waals surface area contributed by atoms with Crippen LogP contribution in [0.3, 0.4) is 0 Å². The second-order valence-corrected chi connectivity index (χ2v) is 8.04. The Kier molecular flexibility index (Phi) is 5.06. The van der Waals surface area contributed by atoms with Crippen molar-refractivity contribution >= 4 is 16.6 Å². The Labute approximate surface area is 159 Å². The number of nitrogens with one attached hydrogen (secondary N) is 1. The molecular weight excluding hydrogens is 342 g/mol. The molecule has 146 valence electrons. The van der Waals surface area contributed by atoms with Gasteiger partial charge in [0, 0.05) is 44.0 Å². The van der Waals surface area contributed by atoms with Crippen molar-refractivity contribution < 1.29 is 4.74 Å². The fraction of sp³-hybridized carbons (Fsp3) is 0.600. The first kappa shape index (κ1) is 18.3. The second-order valence-electron chi connectivity index (χ2n) is 8.04. The minimum absolute atomic E-state index is 0.137. The molecule has 2 fully saturated rings. The highest BCUT2D eigenvalue weighted by atomic mass is 16.5. The predicted octanol–water partition coefficient (Wildman–Crippen LogP) is 1.54. The fourth-order valence-corrected chi connectivity index (χ4v) is 4.10. The van der Waals surface area contributed by atoms with Gasteiger partial charge in [0.1, 0.15) is 17.2 Å². The van der Waals surface area contributed by atoms with E-state index >= 15 is 0 Å². The number of benzene rings is 1. The summed E-state index contributed by atoms with van der Waals surface area (Å²) < 4.78 is 6.35. The number of nitrogens with zero attached hydrogens (tertiary/aromatic N) is 4. The van der Waals surface area contributed by atoms with E-state index in [1.54, 1.807) is 0 Å². The minimum atomic E-state index is -0.137. The molecule has 1 atom stereocenters. The average molecular weight is 371 g/mol. The van der Waals surface area contributed by atoms with Gasteiger partial charge in [0.2, 0.25) is 0 Å². The van der Waals surface area contributed by atoms with Crippen LogP contribution in [0.4, 0.5) is 5.69 Å². The molecule has 2 saturated heterocycles. The molecule has 1 unspecified atom stereocenters. The molecule has 7 nitrogen and oxygen atoms in total. The molecule has 0 aliphatic carbocycles. The summed E-state index contributed by atoms with van der Waals surface area (Å²) in [5, 5.41) is 0.559. The summed E-state index contributed by atoms with van der Waals surface area (Å²) in [7, 11) is 6.39. The van der Waals surface area contributed by atoms with Crippen molar-refractivity contribution in [1.29, 1.82) is 0 Å². The predicted molar refractivity (Wildman–Crippen MR) is 108 cm³/mol. The van der Waals surface area contributed by atoms with Crippen LogP contribution in [0.1, 0.15) is 19.3 Å². The standard InChI is InChI=1S/C20H29N5O2/c1-23(2)14-4-9-25(12-14)15-10-17-19(20(26)22-13-21-17)18(11-15)27-16-5-7-24(3)8-6-16/h10-11,13-14,16H,4-9,12H2,1-3H3,(H,21,22,26). The van der Waals surface area contributed by atoms with Crippen LogP contribution in [0.2, 0.25) is 0 Å². The zero-order valence-electron chi connectivity index (χ0n) is 16.4. The Hall–Kier alpha value is -2.12. The van der Waals surface area contributed by atoms with Crippen molar-refractivity contribution in [2.75, 3.05) is 52.2 Å². The molecule has 2 aromatic rings. The maximum atomic E-state index is 12.5. The molecule has 0 saturated carbocycles. The Morgan fingerprint density at radius 3 is 2.67 bits per heavy atom. The molecule has 3 heterocycles. The Morgan fingerprint density at radius 1 is 1.19 bits per heavy atom. The first-order chi connectivity index (χ1) is 13.0. The highest BCUT2D eigenvalue weighted by Crippen LogP contribution is 2.32. The summed E-state index contributed by atoms with van der Waals surface area (Å²) in [4.78, 5) is 26.5. The fourth-order valence-electron chi connectivity index (χ4n) is 4.10. The molecular formula is C20H29N5O2. The van der Waals surface area contributed by atoms with Crippen molar-refractivity contribution in [3.63, 3.8) is 0 Å². The van der Waals surface area contributed by atoms with E-state index in [4.69, 9.17) is 4.74 Å². The first-order valence-electron chi connectivity index (χ1n) is 9.79. The van der Waals surface area contributed by atoms with E-state index in [0.29, 0.717) is 22.7 Å². The number of ether oxygens (including phenoxy) is 1. The molecule has 1 N–H and O–H groups in total. The SMILES string of the molecule is CN1CCC(Oc2cc(N3CCC(N(C)C)C3)cc3nc[nH]c(=O)c23)CC1. The second kappa shape index (κ2) is 7.48. The normalized spacial score (nSPS) is 22.1. The summed E-state index contributed by atoms with van der Waals surface area (Å²) >= 11 is 0. The van der Waals surface area contributed by atoms with Gasteiger partial charge in [-0.1, -0.05) is 0 Å². The third-order valence-electron chi connectivity index (χ3n) is 5.91. The van der Waals surface area contributed by atoms with E-state index in [1.165, 1.54) is 6.33 Å². The topological polar surface area (TPSA) is 64.7 Å². The zero-order chi connectivity index (χ0) is 19.0. The molecule has 0 radical (unpaired) electrons. The number of likely N-dealkylation sites (N-methyl/N-ethyl adjacent to an activating group) is 1. The Bertz CT molecular complexity index is 857. The monoisotopic (exact) mass is 371 g/mol. The number of anilines is 1. The summed E-state index contributed by atoms with van der Waals surface area (Å²) in [5.74, 6) is 0.666. The van der Waals surface area contributed by atoms with Gasteiger partial charge in [-0.25, -0.2) is 4.98 Å². The molecule has 27 heavy (non-hydrogen) atoms. The van der Waals surface area contributed by atoms with Gasteiger partial charge < -0.3 is 24.4 Å². The molecule has 0 spiro atoms. The summed E-state index contributed by atoms with van der Waals surface area (Å²) in [6.45, 7) is 4.03. The first-order valence-corrected chi connectivity index (χ1v) is 9.79. The number of aromatic amines is 1. The molecule has 1 aromatic carbocycles. The number of fused-ring (bicyclic) bond motifs is 1. The average Bonchev–Trinajstić information content (AvgIpc) is 3.14. The van der Waals surface area contributed by atoms with Crippen LogP contribution in [0, 0.1) is 0 Å². The van der Waals surface area contributed by atoms with Crippen LogP contribution in [0.25, 0.3) is 10.9 Å². The Morgan fingerprint density at radius 2 is 1.96 bits per heavy atom. The minimum Gasteiger partial charge on any atom is -0.489 e. The van der Waals surface area contributed by atoms with E-state index in [0.717, 1.165) is 51.1 Å². The van der Waals surface area contributed by atoms with Crippen molar-refractivity contribution in [1.82, 2.24) is 19.8 Å². The molecule has 0 bridgehead atoms. The number of piperidine rings is 1. The highest BCUT2D eigenvalue weighted by molar-refractivity contribution is 5.88. The Balaban J connectivity index is 1.67. The quantitative estimate of drug-likeness (QED) is 0.880. The number of likely N-dealkylation sites (tertiary alicyclic amines) is 1. The summed E-state index contributed by atoms with van der Waals surface area (Å²) in [6, 6.07) is 4.60. The molecule has 2 aliphatic heterocycles. The number of hydrogen-bond acceptors (Lipinski definition) is 6. The van der Waals surface area contributed by atoms with Crippen LogP contribution in [0.5, 0.6) is 5.75 Å². The van der Waals surface area contributed by atoms with Gasteiger partial charge in [-0.15, -0.1) is 0 Å². The van der Waals surface area contributed by atoms with Gasteiger partial charge in [-0.05, 0) is 46.5 Å². The maximum Gasteiger partial charge on any atom is 0.262 e. The number of H-pyrrole nitrogens is 1. The van der Waals surface area contributed by atoms with E-state index in [2.05, 4.69) is 45.8 Å². The van der Waals surface area contributed by atoms with E-state index < -0.39 is 0 Å². The lowest BCUT2D eigenvalue weighted by atomic mass is 10.1. The van der Waals surface area contributed by atoms with Gasteiger partial charge >= 0.3 is 0 Å². The van der Waals surface area contributed by atoms with E-state index in [1.807, 2.05) is 12.1 Å². The van der Waals surface area contributed by atoms with E-state index in [9.17, 15) is 4.79 Å². The summed E-state index contributed by atoms with van der Waals surface area (Å²) in [6.07, 6.45) is 4.71. The van der Waals surface area contributed by atoms with Crippen molar-refractivity contribution in [2.24, 2.45) is 0 Å². The van der Waals surface area contributed by atoms with Crippen molar-refractivity contribution in [2.45, 2.75) is 31.4 Å². The van der Waals surface area contributed by atoms with Crippen LogP contribution in [-0.2, 0) is 0 Å². The largest absolute Gasteiger partial charge is 0.489 e. The number of aromatic nitrogens is 2. The maximum absolute atomic E-state index is 12.5. The van der Waals surface area contributed by atoms with Gasteiger partial charge in [0.05, 0.1) is 11.8 Å². The smallest absolute Gasteiger partial charge is 0.262 e. The van der Waals surface area contributed by atoms with Gasteiger partial charge in [0.25, 0.3) is 5.56 Å². The third-order valence-corrected chi connectivity index (χ3v) is 5.91. The van der Waals surface area contributed by atoms with Gasteiger partial charge in [-0.3, -0.25) is 4.79 Å². The van der Waals surface area contributed by atoms with Crippen LogP contribution < -0.4 is 15.2 Å². The number of rotatable bonds is 4. The molecule has 1 aromatic heterocycles. The lowest BCUT2D eigenvalue weighted by Crippen LogP contribution is -2.36. The van der Waals surface area contributed by atoms with Gasteiger partial charge in [0.15, 0.2) is 0 Å². The van der Waals surface area contributed by atoms with Crippen molar-refractivity contribution in [3.05, 3.63) is 28.8 Å². The third kappa shape index (κ3) is 3.80. The molecule has 0 amide bonds. The molecule has 2 aliphatic rings. The lowest BCUT2D eigenvalue weighted by Gasteiger charge is -2.30. The van der Waals surface area contributed by atoms with Crippen LogP contribution in [-0.4, -0.2) is 79.2 Å². The molecule has 7 heteroatoms. The highest BCUT2D eigenvalue weighted by Gasteiger charge is 2.26. The van der Waals surface area contributed by atoms with Crippen LogP contribution >= 0.6 is 0 Å². The lowest BCUT2D eigenvalue weighted by molar-refractivity contribution is 0.115. The number of hydrogen-bond donors (Lipinski definition) is 1. The zero-order valence-corrected chi connectivity index (χ0v) is 16.4. The van der Waals surface area contributed by atoms with E-state index in [-0.39, 0.29) is 11.7 Å². The van der Waals surface area contributed by atoms with Gasteiger partial charge in [-0.2, -0.15) is 0 Å². The van der Waals surface area contributed by atoms with Crippen LogP contribution in [0.15, 0.2) is 23.3 Å². The van der Waals surface area contributed by atoms with Crippen molar-refractivity contribution in [3.8, 4) is 5.75 Å². The summed E-state index contributed by atoms with van der Waals surface area (Å²) in [5.41, 5.74) is 1.66. The molecule has 4 rings (SSSR count).